The molecule has 1 aromatic carbocycles. The maximum Gasteiger partial charge on any atom is 0.377 e. The number of aliphatic carboxylic acids is 1. The van der Waals surface area contributed by atoms with Crippen molar-refractivity contribution >= 4 is 33.4 Å². The molecule has 2 rings (SSSR count). The Balaban J connectivity index is 2.57. The summed E-state index contributed by atoms with van der Waals surface area (Å²) >= 11 is 1.26. The summed E-state index contributed by atoms with van der Waals surface area (Å²) in [5.74, 6) is -2.32. The molecule has 0 bridgehead atoms. The zero-order valence-corrected chi connectivity index (χ0v) is 8.67. The molecule has 0 radical (unpaired) electrons. The first-order valence-corrected chi connectivity index (χ1v) is 5.00. The number of nitrogens with zero attached hydrogens (tertiary/aromatic N) is 1. The van der Waals surface area contributed by atoms with Crippen molar-refractivity contribution < 1.29 is 14.7 Å². The van der Waals surface area contributed by atoms with Crippen molar-refractivity contribution in [3.63, 3.8) is 0 Å². The lowest BCUT2D eigenvalue weighted by molar-refractivity contribution is -0.131. The molecule has 0 amide bonds. The van der Waals surface area contributed by atoms with Gasteiger partial charge in [-0.05, 0) is 24.5 Å². The molecule has 0 saturated carbocycles. The van der Waals surface area contributed by atoms with Crippen LogP contribution in [0.4, 0.5) is 0 Å². The van der Waals surface area contributed by atoms with Gasteiger partial charge in [-0.25, -0.2) is 4.79 Å². The zero-order valence-electron chi connectivity index (χ0n) is 7.85. The molecule has 0 unspecified atom stereocenters. The predicted molar refractivity (Wildman–Crippen MR) is 56.3 cm³/mol. The van der Waals surface area contributed by atoms with E-state index in [0.717, 1.165) is 15.8 Å². The van der Waals surface area contributed by atoms with E-state index in [0.29, 0.717) is 0 Å². The number of hydrogen-bond donors (Lipinski definition) is 1. The van der Waals surface area contributed by atoms with Crippen molar-refractivity contribution in [3.05, 3.63) is 29.5 Å². The van der Waals surface area contributed by atoms with Crippen molar-refractivity contribution in [2.45, 2.75) is 6.92 Å². The molecule has 0 aliphatic carbocycles. The number of carboxylic acids is 1. The molecule has 15 heavy (non-hydrogen) atoms. The topological polar surface area (TPSA) is 67.3 Å². The number of carbonyl (C=O) groups is 2. The highest BCUT2D eigenvalue weighted by Crippen LogP contribution is 2.23. The molecule has 0 saturated heterocycles. The van der Waals surface area contributed by atoms with Gasteiger partial charge in [-0.3, -0.25) is 4.79 Å². The van der Waals surface area contributed by atoms with Gasteiger partial charge in [-0.2, -0.15) is 4.37 Å². The van der Waals surface area contributed by atoms with Crippen LogP contribution in [0.1, 0.15) is 16.1 Å². The van der Waals surface area contributed by atoms with Crippen molar-refractivity contribution in [1.29, 1.82) is 0 Å². The molecule has 2 aromatic rings. The Kier molecular flexibility index (Phi) is 2.24. The molecule has 0 aliphatic rings. The van der Waals surface area contributed by atoms with Gasteiger partial charge in [0.05, 0.1) is 10.4 Å². The summed E-state index contributed by atoms with van der Waals surface area (Å²) in [6.45, 7) is 1.87. The van der Waals surface area contributed by atoms with Crippen LogP contribution in [0.15, 0.2) is 18.2 Å². The van der Waals surface area contributed by atoms with E-state index < -0.39 is 11.8 Å². The van der Waals surface area contributed by atoms with E-state index >= 15 is 0 Å². The lowest BCUT2D eigenvalue weighted by atomic mass is 10.1. The number of fused-ring (bicyclic) bond motifs is 1. The highest BCUT2D eigenvalue weighted by Gasteiger charge is 2.15. The minimum Gasteiger partial charge on any atom is -0.475 e. The van der Waals surface area contributed by atoms with Gasteiger partial charge in [0.1, 0.15) is 0 Å². The SMILES string of the molecule is Cc1nsc2cc(C(=O)C(=O)O)ccc12. The van der Waals surface area contributed by atoms with Gasteiger partial charge in [0.25, 0.3) is 5.78 Å². The second kappa shape index (κ2) is 3.43. The molecule has 1 heterocycles. The van der Waals surface area contributed by atoms with Crippen LogP contribution in [-0.2, 0) is 4.79 Å². The maximum absolute atomic E-state index is 11.2. The van der Waals surface area contributed by atoms with Gasteiger partial charge in [0.2, 0.25) is 0 Å². The number of carbonyl (C=O) groups excluding carboxylic acids is 1. The second-order valence-electron chi connectivity index (χ2n) is 3.11. The molecule has 0 atom stereocenters. The number of aryl methyl sites for hydroxylation is 1. The average Bonchev–Trinajstić information content (AvgIpc) is 2.59. The number of Topliss-reactive ketones (excluding diaryl/α,β-unsaturated/α-hetero) is 1. The van der Waals surface area contributed by atoms with Gasteiger partial charge in [-0.1, -0.05) is 12.1 Å². The van der Waals surface area contributed by atoms with Crippen LogP contribution in [-0.4, -0.2) is 21.2 Å². The summed E-state index contributed by atoms with van der Waals surface area (Å²) in [5.41, 5.74) is 1.09. The van der Waals surface area contributed by atoms with Gasteiger partial charge in [0, 0.05) is 10.9 Å². The van der Waals surface area contributed by atoms with Crippen LogP contribution >= 0.6 is 11.5 Å². The molecule has 1 N–H and O–H groups in total. The summed E-state index contributed by atoms with van der Waals surface area (Å²) in [4.78, 5) is 21.7. The third-order valence-corrected chi connectivity index (χ3v) is 3.01. The van der Waals surface area contributed by atoms with E-state index in [9.17, 15) is 9.59 Å². The van der Waals surface area contributed by atoms with Crippen molar-refractivity contribution in [1.82, 2.24) is 4.37 Å². The Labute approximate surface area is 89.3 Å². The van der Waals surface area contributed by atoms with Crippen LogP contribution in [0.3, 0.4) is 0 Å². The molecule has 0 fully saturated rings. The molecule has 0 aliphatic heterocycles. The summed E-state index contributed by atoms with van der Waals surface area (Å²) in [5, 5.41) is 9.51. The Morgan fingerprint density at radius 2 is 2.13 bits per heavy atom. The van der Waals surface area contributed by atoms with E-state index in [1.165, 1.54) is 17.6 Å². The van der Waals surface area contributed by atoms with E-state index in [2.05, 4.69) is 4.37 Å². The fourth-order valence-corrected chi connectivity index (χ4v) is 2.16. The third kappa shape index (κ3) is 1.61. The first-order valence-electron chi connectivity index (χ1n) is 4.23. The maximum atomic E-state index is 11.2. The van der Waals surface area contributed by atoms with Crippen molar-refractivity contribution in [2.24, 2.45) is 0 Å². The fraction of sp³-hybridized carbons (Fsp3) is 0.100. The van der Waals surface area contributed by atoms with Crippen LogP contribution in [0.25, 0.3) is 10.1 Å². The van der Waals surface area contributed by atoms with Crippen LogP contribution in [0.5, 0.6) is 0 Å². The van der Waals surface area contributed by atoms with Gasteiger partial charge < -0.3 is 5.11 Å². The lowest BCUT2D eigenvalue weighted by Crippen LogP contribution is -2.12. The number of carboxylic acid groups (broad SMARTS) is 1. The normalized spacial score (nSPS) is 10.5. The summed E-state index contributed by atoms with van der Waals surface area (Å²) in [6, 6.07) is 4.81. The zero-order chi connectivity index (χ0) is 11.0. The molecular formula is C10H7NO3S. The average molecular weight is 221 g/mol. The molecule has 0 spiro atoms. The Bertz CT molecular complexity index is 559. The summed E-state index contributed by atoms with van der Waals surface area (Å²) < 4.78 is 4.96. The van der Waals surface area contributed by atoms with E-state index in [4.69, 9.17) is 5.11 Å². The quantitative estimate of drug-likeness (QED) is 0.621. The largest absolute Gasteiger partial charge is 0.475 e. The van der Waals surface area contributed by atoms with Crippen molar-refractivity contribution in [3.8, 4) is 0 Å². The number of hydrogen-bond acceptors (Lipinski definition) is 4. The molecule has 4 nitrogen and oxygen atoms in total. The van der Waals surface area contributed by atoms with E-state index in [1.54, 1.807) is 12.1 Å². The minimum absolute atomic E-state index is 0.193. The number of rotatable bonds is 2. The molecule has 5 heteroatoms. The van der Waals surface area contributed by atoms with E-state index in [-0.39, 0.29) is 5.56 Å². The Hall–Kier alpha value is -1.75. The van der Waals surface area contributed by atoms with Crippen LogP contribution in [0.2, 0.25) is 0 Å². The summed E-state index contributed by atoms with van der Waals surface area (Å²) in [7, 11) is 0. The monoisotopic (exact) mass is 221 g/mol. The van der Waals surface area contributed by atoms with Crippen LogP contribution < -0.4 is 0 Å². The molecule has 76 valence electrons. The summed E-state index contributed by atoms with van der Waals surface area (Å²) in [6.07, 6.45) is 0. The smallest absolute Gasteiger partial charge is 0.377 e. The molecular weight excluding hydrogens is 214 g/mol. The number of benzene rings is 1. The van der Waals surface area contributed by atoms with Crippen molar-refractivity contribution in [2.75, 3.05) is 0 Å². The fourth-order valence-electron chi connectivity index (χ4n) is 1.33. The van der Waals surface area contributed by atoms with E-state index in [1.807, 2.05) is 6.92 Å². The Morgan fingerprint density at radius 3 is 2.80 bits per heavy atom. The van der Waals surface area contributed by atoms with Gasteiger partial charge >= 0.3 is 5.97 Å². The molecule has 1 aromatic heterocycles. The third-order valence-electron chi connectivity index (χ3n) is 2.11. The second-order valence-corrected chi connectivity index (χ2v) is 3.92. The minimum atomic E-state index is -1.43. The highest BCUT2D eigenvalue weighted by molar-refractivity contribution is 7.13. The number of aromatic nitrogens is 1. The first kappa shape index (κ1) is 9.79. The standard InChI is InChI=1S/C10H7NO3S/c1-5-7-3-2-6(9(12)10(13)14)4-8(7)15-11-5/h2-4H,1H3,(H,13,14). The highest BCUT2D eigenvalue weighted by atomic mass is 32.1. The number of ketones is 1. The predicted octanol–water partition coefficient (Wildman–Crippen LogP) is 1.87. The lowest BCUT2D eigenvalue weighted by Gasteiger charge is -1.95. The van der Waals surface area contributed by atoms with Gasteiger partial charge in [0.15, 0.2) is 0 Å². The first-order chi connectivity index (χ1) is 7.09. The van der Waals surface area contributed by atoms with Gasteiger partial charge in [-0.15, -0.1) is 0 Å². The van der Waals surface area contributed by atoms with Crippen LogP contribution in [0, 0.1) is 6.92 Å². The Morgan fingerprint density at radius 1 is 1.40 bits per heavy atom.